The van der Waals surface area contributed by atoms with Crippen molar-refractivity contribution in [2.75, 3.05) is 19.1 Å². The number of nitrogens with one attached hydrogen (secondary N) is 1. The zero-order valence-corrected chi connectivity index (χ0v) is 30.5. The minimum absolute atomic E-state index is 0.0437. The fourth-order valence-corrected chi connectivity index (χ4v) is 7.13. The highest BCUT2D eigenvalue weighted by molar-refractivity contribution is 7.98. The third kappa shape index (κ3) is 9.13. The molecule has 0 aliphatic carbocycles. The van der Waals surface area contributed by atoms with Crippen LogP contribution < -0.4 is 10.1 Å². The molecule has 0 saturated heterocycles. The van der Waals surface area contributed by atoms with E-state index < -0.39 is 29.8 Å². The average Bonchev–Trinajstić information content (AvgIpc) is 3.44. The molecule has 1 aliphatic heterocycles. The number of rotatable bonds is 10. The molecule has 0 radical (unpaired) electrons. The van der Waals surface area contributed by atoms with Gasteiger partial charge in [-0.25, -0.2) is 9.78 Å². The van der Waals surface area contributed by atoms with Crippen molar-refractivity contribution in [2.45, 2.75) is 76.4 Å². The van der Waals surface area contributed by atoms with E-state index in [-0.39, 0.29) is 40.6 Å². The summed E-state index contributed by atoms with van der Waals surface area (Å²) in [6.45, 7) is 1.75. The predicted octanol–water partition coefficient (Wildman–Crippen LogP) is 7.61. The number of aryl methyl sites for hydroxylation is 1. The summed E-state index contributed by atoms with van der Waals surface area (Å²) >= 11 is 1.67. The number of esters is 1. The molecule has 10 nitrogen and oxygen atoms in total. The van der Waals surface area contributed by atoms with Gasteiger partial charge < -0.3 is 29.6 Å². The van der Waals surface area contributed by atoms with Crippen LogP contribution in [0.1, 0.15) is 103 Å². The third-order valence-electron chi connectivity index (χ3n) is 9.39. The molecule has 11 heteroatoms. The lowest BCUT2D eigenvalue weighted by molar-refractivity contribution is -0.122. The Balaban J connectivity index is 1.55. The second-order valence-electron chi connectivity index (χ2n) is 13.0. The van der Waals surface area contributed by atoms with Gasteiger partial charge in [0.2, 0.25) is 5.91 Å². The lowest BCUT2D eigenvalue weighted by atomic mass is 9.84. The number of aromatic nitrogens is 2. The van der Waals surface area contributed by atoms with E-state index in [2.05, 4.69) is 5.32 Å². The minimum atomic E-state index is -0.851. The number of para-hydroxylation sites is 2. The van der Waals surface area contributed by atoms with Gasteiger partial charge in [0.1, 0.15) is 34.4 Å². The van der Waals surface area contributed by atoms with Crippen LogP contribution >= 0.6 is 11.8 Å². The molecule has 5 rings (SSSR count). The fourth-order valence-electron chi connectivity index (χ4n) is 6.66. The van der Waals surface area contributed by atoms with Crippen LogP contribution in [0.2, 0.25) is 0 Å². The normalized spacial score (nSPS) is 16.9. The Labute approximate surface area is 303 Å². The number of benzene rings is 3. The minimum Gasteiger partial charge on any atom is -0.507 e. The Hall–Kier alpha value is -4.77. The number of fused-ring (bicyclic) bond motifs is 2. The SMILES string of the molecule is COc1ccc(C(CC(=O)NC(CCSC)c2nc3ccccc3n2C)c2c(O)cc3c(c2O)C(=O)OC(C)CCCC(=O)CCCC=C3)cc1. The molecular formula is C40H47N3O7S. The summed E-state index contributed by atoms with van der Waals surface area (Å²) in [5, 5.41) is 26.7. The summed E-state index contributed by atoms with van der Waals surface area (Å²) in [6, 6.07) is 15.9. The number of methoxy groups -OCH3 is 1. The van der Waals surface area contributed by atoms with E-state index in [4.69, 9.17) is 14.5 Å². The quantitative estimate of drug-likeness (QED) is 0.142. The third-order valence-corrected chi connectivity index (χ3v) is 10.0. The number of phenols is 2. The monoisotopic (exact) mass is 713 g/mol. The molecule has 2 heterocycles. The van der Waals surface area contributed by atoms with Crippen molar-refractivity contribution in [3.05, 3.63) is 88.8 Å². The number of hydrogen-bond donors (Lipinski definition) is 3. The smallest absolute Gasteiger partial charge is 0.342 e. The first kappa shape index (κ1) is 37.5. The van der Waals surface area contributed by atoms with Crippen LogP contribution in [0.3, 0.4) is 0 Å². The number of hydrogen-bond acceptors (Lipinski definition) is 9. The molecule has 1 aromatic heterocycles. The molecule has 4 aromatic rings. The van der Waals surface area contributed by atoms with Crippen LogP contribution in [-0.2, 0) is 21.4 Å². The number of carbonyl (C=O) groups is 3. The summed E-state index contributed by atoms with van der Waals surface area (Å²) in [4.78, 5) is 44.9. The maximum atomic E-state index is 14.1. The number of nitrogens with zero attached hydrogens (tertiary/aromatic N) is 2. The molecule has 0 bridgehead atoms. The topological polar surface area (TPSA) is 140 Å². The van der Waals surface area contributed by atoms with Gasteiger partial charge in [0, 0.05) is 37.8 Å². The number of phenolic OH excluding ortho intramolecular Hbond substituents is 2. The molecule has 3 N–H and O–H groups in total. The number of aromatic hydroxyl groups is 2. The zero-order chi connectivity index (χ0) is 36.5. The highest BCUT2D eigenvalue weighted by Crippen LogP contribution is 2.44. The molecule has 0 fully saturated rings. The van der Waals surface area contributed by atoms with Gasteiger partial charge in [0.15, 0.2) is 0 Å². The first-order valence-electron chi connectivity index (χ1n) is 17.4. The summed E-state index contributed by atoms with van der Waals surface area (Å²) in [6.07, 6.45) is 8.66. The van der Waals surface area contributed by atoms with Crippen molar-refractivity contribution in [2.24, 2.45) is 7.05 Å². The second-order valence-corrected chi connectivity index (χ2v) is 14.0. The van der Waals surface area contributed by atoms with Crippen LogP contribution in [0.15, 0.2) is 60.7 Å². The van der Waals surface area contributed by atoms with Crippen LogP contribution in [-0.4, -0.2) is 62.6 Å². The number of carbonyl (C=O) groups excluding carboxylic acids is 3. The lowest BCUT2D eigenvalue weighted by Gasteiger charge is -2.24. The number of ether oxygens (including phenoxy) is 2. The van der Waals surface area contributed by atoms with Crippen molar-refractivity contribution in [1.82, 2.24) is 14.9 Å². The maximum Gasteiger partial charge on any atom is 0.342 e. The van der Waals surface area contributed by atoms with Crippen LogP contribution in [0, 0.1) is 0 Å². The van der Waals surface area contributed by atoms with Gasteiger partial charge in [0.25, 0.3) is 0 Å². The Morgan fingerprint density at radius 3 is 2.59 bits per heavy atom. The van der Waals surface area contributed by atoms with E-state index in [0.717, 1.165) is 22.6 Å². The van der Waals surface area contributed by atoms with E-state index in [0.29, 0.717) is 56.3 Å². The van der Waals surface area contributed by atoms with E-state index in [1.165, 1.54) is 6.07 Å². The van der Waals surface area contributed by atoms with Gasteiger partial charge in [-0.2, -0.15) is 11.8 Å². The first-order chi connectivity index (χ1) is 24.6. The van der Waals surface area contributed by atoms with Crippen molar-refractivity contribution >= 4 is 46.5 Å². The van der Waals surface area contributed by atoms with Crippen LogP contribution in [0.25, 0.3) is 17.1 Å². The van der Waals surface area contributed by atoms with E-state index >= 15 is 0 Å². The Morgan fingerprint density at radius 1 is 1.12 bits per heavy atom. The maximum absolute atomic E-state index is 14.1. The highest BCUT2D eigenvalue weighted by Gasteiger charge is 2.32. The van der Waals surface area contributed by atoms with E-state index in [9.17, 15) is 24.6 Å². The van der Waals surface area contributed by atoms with Crippen molar-refractivity contribution < 1.29 is 34.1 Å². The van der Waals surface area contributed by atoms with E-state index in [1.807, 2.05) is 48.2 Å². The number of Topliss-reactive ketones (excluding diaryl/α,β-unsaturated/α-hetero) is 1. The number of amides is 1. The van der Waals surface area contributed by atoms with Crippen molar-refractivity contribution in [3.63, 3.8) is 0 Å². The molecule has 0 saturated carbocycles. The standard InChI is InChI=1S/C40H47N3O7S/c1-25-11-10-14-28(44)13-7-5-6-12-27-23-34(45)37(38(47)36(27)40(48)50-25)30(26-17-19-29(49-3)20-18-26)24-35(46)41-32(21-22-51-4)39-42-31-15-8-9-16-33(31)43(39)2/h6,8-9,12,15-20,23,25,30,32,45,47H,5,7,10-11,13-14,21-22,24H2,1-4H3,(H,41,46). The van der Waals surface area contributed by atoms with Gasteiger partial charge in [0.05, 0.1) is 30.3 Å². The molecule has 3 unspecified atom stereocenters. The molecule has 3 atom stereocenters. The first-order valence-corrected chi connectivity index (χ1v) is 18.8. The second kappa shape index (κ2) is 17.4. The molecule has 0 spiro atoms. The number of thioether (sulfide) groups is 1. The zero-order valence-electron chi connectivity index (χ0n) is 29.7. The van der Waals surface area contributed by atoms with E-state index in [1.54, 1.807) is 56.1 Å². The van der Waals surface area contributed by atoms with Crippen LogP contribution in [0.5, 0.6) is 17.2 Å². The molecule has 1 aliphatic rings. The number of ketones is 1. The van der Waals surface area contributed by atoms with Crippen molar-refractivity contribution in [1.29, 1.82) is 0 Å². The van der Waals surface area contributed by atoms with Crippen LogP contribution in [0.4, 0.5) is 0 Å². The summed E-state index contributed by atoms with van der Waals surface area (Å²) < 4.78 is 13.1. The van der Waals surface area contributed by atoms with Gasteiger partial charge in [-0.05, 0) is 92.5 Å². The summed E-state index contributed by atoms with van der Waals surface area (Å²) in [5.74, 6) is -0.347. The Bertz CT molecular complexity index is 1890. The average molecular weight is 714 g/mol. The van der Waals surface area contributed by atoms with Crippen molar-refractivity contribution in [3.8, 4) is 17.2 Å². The van der Waals surface area contributed by atoms with Gasteiger partial charge in [-0.1, -0.05) is 36.4 Å². The molecule has 270 valence electrons. The fraction of sp³-hybridized carbons (Fsp3) is 0.400. The summed E-state index contributed by atoms with van der Waals surface area (Å²) in [7, 11) is 3.49. The molecular weight excluding hydrogens is 667 g/mol. The largest absolute Gasteiger partial charge is 0.507 e. The predicted molar refractivity (Wildman–Crippen MR) is 200 cm³/mol. The highest BCUT2D eigenvalue weighted by atomic mass is 32.2. The Morgan fingerprint density at radius 2 is 1.86 bits per heavy atom. The lowest BCUT2D eigenvalue weighted by Crippen LogP contribution is -2.32. The Kier molecular flexibility index (Phi) is 12.8. The number of imidazole rings is 1. The molecule has 1 amide bonds. The number of cyclic esters (lactones) is 1. The van der Waals surface area contributed by atoms with Gasteiger partial charge in [-0.3, -0.25) is 9.59 Å². The van der Waals surface area contributed by atoms with Gasteiger partial charge in [-0.15, -0.1) is 0 Å². The molecule has 3 aromatic carbocycles. The number of allylic oxidation sites excluding steroid dienone is 1. The van der Waals surface area contributed by atoms with Gasteiger partial charge >= 0.3 is 5.97 Å². The summed E-state index contributed by atoms with van der Waals surface area (Å²) in [5.41, 5.74) is 2.65. The molecule has 51 heavy (non-hydrogen) atoms.